The zero-order valence-corrected chi connectivity index (χ0v) is 13.9. The van der Waals surface area contributed by atoms with E-state index in [-0.39, 0.29) is 18.1 Å². The molecule has 0 spiro atoms. The number of carbonyl (C=O) groups is 1. The van der Waals surface area contributed by atoms with E-state index >= 15 is 0 Å². The molecule has 0 heterocycles. The number of nitrogens with one attached hydrogen (secondary N) is 1. The van der Waals surface area contributed by atoms with Crippen molar-refractivity contribution in [1.29, 1.82) is 0 Å². The Morgan fingerprint density at radius 3 is 2.17 bits per heavy atom. The SMILES string of the molecule is COc1ccc(CC(=O)NCc2ccc(OC)c(OC)c2)cc1F. The highest BCUT2D eigenvalue weighted by molar-refractivity contribution is 5.78. The van der Waals surface area contributed by atoms with E-state index < -0.39 is 5.82 Å². The average molecular weight is 333 g/mol. The Balaban J connectivity index is 1.94. The zero-order valence-electron chi connectivity index (χ0n) is 13.9. The lowest BCUT2D eigenvalue weighted by atomic mass is 10.1. The fraction of sp³-hybridized carbons (Fsp3) is 0.278. The van der Waals surface area contributed by atoms with E-state index in [1.54, 1.807) is 32.4 Å². The van der Waals surface area contributed by atoms with Gasteiger partial charge in [-0.1, -0.05) is 12.1 Å². The van der Waals surface area contributed by atoms with Crippen molar-refractivity contribution in [1.82, 2.24) is 5.32 Å². The summed E-state index contributed by atoms with van der Waals surface area (Å²) < 4.78 is 28.9. The molecule has 5 nitrogen and oxygen atoms in total. The molecule has 2 aromatic carbocycles. The molecule has 0 aliphatic rings. The highest BCUT2D eigenvalue weighted by Crippen LogP contribution is 2.27. The first kappa shape index (κ1) is 17.6. The molecule has 0 unspecified atom stereocenters. The topological polar surface area (TPSA) is 56.8 Å². The van der Waals surface area contributed by atoms with Crippen LogP contribution in [0.1, 0.15) is 11.1 Å². The molecule has 6 heteroatoms. The predicted molar refractivity (Wildman–Crippen MR) is 88.0 cm³/mol. The van der Waals surface area contributed by atoms with Gasteiger partial charge in [0.1, 0.15) is 0 Å². The Hall–Kier alpha value is -2.76. The van der Waals surface area contributed by atoms with Crippen LogP contribution in [0, 0.1) is 5.82 Å². The molecule has 128 valence electrons. The summed E-state index contributed by atoms with van der Waals surface area (Å²) >= 11 is 0. The minimum absolute atomic E-state index is 0.0915. The van der Waals surface area contributed by atoms with Crippen molar-refractivity contribution in [2.45, 2.75) is 13.0 Å². The minimum Gasteiger partial charge on any atom is -0.494 e. The van der Waals surface area contributed by atoms with Crippen molar-refractivity contribution >= 4 is 5.91 Å². The van der Waals surface area contributed by atoms with Crippen LogP contribution in [0.2, 0.25) is 0 Å². The number of benzene rings is 2. The van der Waals surface area contributed by atoms with Gasteiger partial charge in [0.25, 0.3) is 0 Å². The summed E-state index contributed by atoms with van der Waals surface area (Å²) in [5.74, 6) is 0.698. The summed E-state index contributed by atoms with van der Waals surface area (Å²) in [6.45, 7) is 0.345. The lowest BCUT2D eigenvalue weighted by Gasteiger charge is -2.10. The Morgan fingerprint density at radius 1 is 0.917 bits per heavy atom. The predicted octanol–water partition coefficient (Wildman–Crippen LogP) is 2.71. The van der Waals surface area contributed by atoms with Gasteiger partial charge in [-0.3, -0.25) is 4.79 Å². The second-order valence-corrected chi connectivity index (χ2v) is 5.11. The molecule has 0 fully saturated rings. The van der Waals surface area contributed by atoms with Gasteiger partial charge in [-0.25, -0.2) is 4.39 Å². The van der Waals surface area contributed by atoms with Gasteiger partial charge >= 0.3 is 0 Å². The monoisotopic (exact) mass is 333 g/mol. The first-order valence-electron chi connectivity index (χ1n) is 7.37. The molecule has 0 aromatic heterocycles. The maximum atomic E-state index is 13.6. The first-order chi connectivity index (χ1) is 11.6. The third-order valence-corrected chi connectivity index (χ3v) is 3.52. The van der Waals surface area contributed by atoms with E-state index in [2.05, 4.69) is 5.32 Å². The number of ether oxygens (including phenoxy) is 3. The molecule has 0 radical (unpaired) electrons. The van der Waals surface area contributed by atoms with E-state index in [1.807, 2.05) is 6.07 Å². The number of hydrogen-bond donors (Lipinski definition) is 1. The van der Waals surface area contributed by atoms with Crippen molar-refractivity contribution in [2.75, 3.05) is 21.3 Å². The lowest BCUT2D eigenvalue weighted by Crippen LogP contribution is -2.24. The second-order valence-electron chi connectivity index (χ2n) is 5.11. The minimum atomic E-state index is -0.484. The molecule has 2 aromatic rings. The van der Waals surface area contributed by atoms with Crippen molar-refractivity contribution in [3.8, 4) is 17.2 Å². The molecule has 0 saturated heterocycles. The summed E-state index contributed by atoms with van der Waals surface area (Å²) in [6, 6.07) is 9.89. The quantitative estimate of drug-likeness (QED) is 0.846. The van der Waals surface area contributed by atoms with Crippen LogP contribution in [0.25, 0.3) is 0 Å². The Bertz CT molecular complexity index is 718. The van der Waals surface area contributed by atoms with Crippen LogP contribution >= 0.6 is 0 Å². The summed E-state index contributed by atoms with van der Waals surface area (Å²) in [4.78, 5) is 12.0. The molecule has 0 aliphatic carbocycles. The van der Waals surface area contributed by atoms with Gasteiger partial charge in [-0.2, -0.15) is 0 Å². The van der Waals surface area contributed by atoms with Gasteiger partial charge in [-0.15, -0.1) is 0 Å². The number of hydrogen-bond acceptors (Lipinski definition) is 4. The van der Waals surface area contributed by atoms with Crippen LogP contribution in [-0.2, 0) is 17.8 Å². The van der Waals surface area contributed by atoms with Gasteiger partial charge in [0.2, 0.25) is 5.91 Å². The van der Waals surface area contributed by atoms with Crippen molar-refractivity contribution in [3.63, 3.8) is 0 Å². The summed E-state index contributed by atoms with van der Waals surface area (Å²) in [7, 11) is 4.51. The Morgan fingerprint density at radius 2 is 1.54 bits per heavy atom. The fourth-order valence-electron chi connectivity index (χ4n) is 2.26. The normalized spacial score (nSPS) is 10.2. The number of methoxy groups -OCH3 is 3. The van der Waals surface area contributed by atoms with Gasteiger partial charge in [0, 0.05) is 6.54 Å². The standard InChI is InChI=1S/C18H20FNO4/c1-22-15-6-4-12(8-14(15)19)10-18(21)20-11-13-5-7-16(23-2)17(9-13)24-3/h4-9H,10-11H2,1-3H3,(H,20,21). The van der Waals surface area contributed by atoms with E-state index in [1.165, 1.54) is 19.2 Å². The number of carbonyl (C=O) groups excluding carboxylic acids is 1. The maximum absolute atomic E-state index is 13.6. The molecule has 0 atom stereocenters. The number of rotatable bonds is 7. The molecule has 1 amide bonds. The molecular formula is C18H20FNO4. The highest BCUT2D eigenvalue weighted by Gasteiger charge is 2.09. The largest absolute Gasteiger partial charge is 0.494 e. The third kappa shape index (κ3) is 4.38. The third-order valence-electron chi connectivity index (χ3n) is 3.52. The molecule has 1 N–H and O–H groups in total. The van der Waals surface area contributed by atoms with Crippen LogP contribution in [0.3, 0.4) is 0 Å². The smallest absolute Gasteiger partial charge is 0.224 e. The summed E-state index contributed by atoms with van der Waals surface area (Å²) in [6.07, 6.45) is 0.0915. The van der Waals surface area contributed by atoms with Crippen LogP contribution in [-0.4, -0.2) is 27.2 Å². The summed E-state index contributed by atoms with van der Waals surface area (Å²) in [5.41, 5.74) is 1.46. The van der Waals surface area contributed by atoms with Gasteiger partial charge in [0.05, 0.1) is 27.8 Å². The molecule has 0 saturated carbocycles. The average Bonchev–Trinajstić information content (AvgIpc) is 2.59. The van der Waals surface area contributed by atoms with E-state index in [4.69, 9.17) is 14.2 Å². The van der Waals surface area contributed by atoms with Gasteiger partial charge in [0.15, 0.2) is 23.1 Å². The molecule has 0 bridgehead atoms. The van der Waals surface area contributed by atoms with Gasteiger partial charge in [-0.05, 0) is 35.4 Å². The number of halogens is 1. The van der Waals surface area contributed by atoms with Crippen LogP contribution in [0.5, 0.6) is 17.2 Å². The van der Waals surface area contributed by atoms with Crippen molar-refractivity contribution in [2.24, 2.45) is 0 Å². The highest BCUT2D eigenvalue weighted by atomic mass is 19.1. The van der Waals surface area contributed by atoms with Crippen molar-refractivity contribution < 1.29 is 23.4 Å². The zero-order chi connectivity index (χ0) is 17.5. The maximum Gasteiger partial charge on any atom is 0.224 e. The molecular weight excluding hydrogens is 313 g/mol. The van der Waals surface area contributed by atoms with Crippen LogP contribution in [0.15, 0.2) is 36.4 Å². The van der Waals surface area contributed by atoms with Gasteiger partial charge < -0.3 is 19.5 Å². The van der Waals surface area contributed by atoms with E-state index in [9.17, 15) is 9.18 Å². The Labute approximate surface area is 140 Å². The summed E-state index contributed by atoms with van der Waals surface area (Å²) in [5, 5.41) is 2.80. The van der Waals surface area contributed by atoms with Crippen LogP contribution < -0.4 is 19.5 Å². The van der Waals surface area contributed by atoms with E-state index in [0.717, 1.165) is 5.56 Å². The van der Waals surface area contributed by atoms with Crippen LogP contribution in [0.4, 0.5) is 4.39 Å². The Kier molecular flexibility index (Phi) is 6.01. The second kappa shape index (κ2) is 8.19. The number of amides is 1. The molecule has 2 rings (SSSR count). The molecule has 24 heavy (non-hydrogen) atoms. The van der Waals surface area contributed by atoms with Crippen molar-refractivity contribution in [3.05, 3.63) is 53.3 Å². The molecule has 0 aliphatic heterocycles. The van der Waals surface area contributed by atoms with E-state index in [0.29, 0.717) is 23.6 Å². The first-order valence-corrected chi connectivity index (χ1v) is 7.37. The fourth-order valence-corrected chi connectivity index (χ4v) is 2.26. The lowest BCUT2D eigenvalue weighted by molar-refractivity contribution is -0.120.